The van der Waals surface area contributed by atoms with Crippen molar-refractivity contribution < 1.29 is 17.9 Å². The second kappa shape index (κ2) is 14.9. The molecule has 2 saturated heterocycles. The number of methoxy groups -OCH3 is 1. The first-order valence-corrected chi connectivity index (χ1v) is 19.0. The maximum Gasteiger partial charge on any atom is 0.232 e. The van der Waals surface area contributed by atoms with Crippen LogP contribution in [0.1, 0.15) is 37.7 Å². The van der Waals surface area contributed by atoms with E-state index in [1.54, 1.807) is 19.2 Å². The van der Waals surface area contributed by atoms with Crippen molar-refractivity contribution in [3.8, 4) is 11.5 Å². The van der Waals surface area contributed by atoms with Crippen molar-refractivity contribution in [2.45, 2.75) is 44.6 Å². The Morgan fingerprint density at radius 3 is 2.50 bits per heavy atom. The van der Waals surface area contributed by atoms with Crippen LogP contribution in [0, 0.1) is 0 Å². The van der Waals surface area contributed by atoms with E-state index < -0.39 is 10.0 Å². The van der Waals surface area contributed by atoms with E-state index >= 15 is 0 Å². The topological polar surface area (TPSA) is 115 Å². The van der Waals surface area contributed by atoms with E-state index in [2.05, 4.69) is 54.5 Å². The molecule has 2 fully saturated rings. The average Bonchev–Trinajstić information content (AvgIpc) is 3.07. The van der Waals surface area contributed by atoms with Crippen LogP contribution in [0.25, 0.3) is 0 Å². The molecule has 2 N–H and O–H groups in total. The molecule has 0 radical (unpaired) electrons. The zero-order valence-corrected chi connectivity index (χ0v) is 29.9. The van der Waals surface area contributed by atoms with Crippen molar-refractivity contribution in [3.63, 3.8) is 0 Å². The van der Waals surface area contributed by atoms with E-state index in [0.717, 1.165) is 89.7 Å². The zero-order chi connectivity index (χ0) is 33.8. The van der Waals surface area contributed by atoms with Gasteiger partial charge in [0.15, 0.2) is 5.82 Å². The number of nitrogens with zero attached hydrogens (tertiary/aromatic N) is 6. The molecule has 260 valence electrons. The molecule has 7 rings (SSSR count). The Labute approximate surface area is 289 Å². The summed E-state index contributed by atoms with van der Waals surface area (Å²) in [5.41, 5.74) is 4.16. The van der Waals surface area contributed by atoms with Gasteiger partial charge in [0.25, 0.3) is 0 Å². The summed E-state index contributed by atoms with van der Waals surface area (Å²) in [7, 11) is 1.84. The van der Waals surface area contributed by atoms with Gasteiger partial charge in [-0.3, -0.25) is 9.21 Å². The predicted molar refractivity (Wildman–Crippen MR) is 194 cm³/mol. The lowest BCUT2D eigenvalue weighted by molar-refractivity contribution is 0.0982. The number of fused-ring (bicyclic) bond motifs is 7. The number of ether oxygens (including phenoxy) is 2. The molecule has 5 heterocycles. The Hall–Kier alpha value is -3.52. The van der Waals surface area contributed by atoms with Gasteiger partial charge in [-0.15, -0.1) is 0 Å². The van der Waals surface area contributed by atoms with Gasteiger partial charge < -0.3 is 29.9 Å². The maximum absolute atomic E-state index is 12.5. The molecular weight excluding hydrogens is 652 g/mol. The molecular formula is C34H47ClN8O4S. The van der Waals surface area contributed by atoms with Crippen LogP contribution in [0.5, 0.6) is 11.5 Å². The van der Waals surface area contributed by atoms with Crippen LogP contribution in [0.4, 0.5) is 34.5 Å². The smallest absolute Gasteiger partial charge is 0.232 e. The van der Waals surface area contributed by atoms with Crippen molar-refractivity contribution in [2.24, 2.45) is 0 Å². The van der Waals surface area contributed by atoms with E-state index in [0.29, 0.717) is 47.3 Å². The third-order valence-corrected chi connectivity index (χ3v) is 11.1. The molecule has 3 aromatic rings. The molecule has 0 saturated carbocycles. The first-order chi connectivity index (χ1) is 23.1. The number of rotatable bonds is 5. The fourth-order valence-corrected chi connectivity index (χ4v) is 7.37. The van der Waals surface area contributed by atoms with E-state index in [1.165, 1.54) is 28.8 Å². The Morgan fingerprint density at radius 1 is 1.00 bits per heavy atom. The molecule has 12 nitrogen and oxygen atoms in total. The SMILES string of the molecule is COc1cc(N2CCC(N3CCN(C)CC3)CC2)c2cc1Nc1ncc(Cl)c(n1)Nc1ccc(cc1N(C)S(C)(=O)=O)OCCCCC2. The van der Waals surface area contributed by atoms with Gasteiger partial charge in [0, 0.05) is 70.2 Å². The van der Waals surface area contributed by atoms with E-state index in [4.69, 9.17) is 21.1 Å². The van der Waals surface area contributed by atoms with Crippen LogP contribution >= 0.6 is 11.6 Å². The van der Waals surface area contributed by atoms with E-state index in [1.807, 2.05) is 6.07 Å². The van der Waals surface area contributed by atoms with Gasteiger partial charge in [0.05, 0.1) is 43.2 Å². The third kappa shape index (κ3) is 8.02. The number of likely N-dealkylation sites (N-methyl/N-ethyl adjacent to an activating group) is 1. The standard InChI is InChI=1S/C34H47ClN8O4S/c1-40-15-17-42(18-16-40)25-11-13-43(14-12-25)30-22-32(46-3)29-20-24(30)8-6-5-7-19-47-26-9-10-28(31(21-26)41(2)48(4,44)45)37-33-27(35)23-36-34(38-29)39-33/h9-10,20-23,25H,5-8,11-19H2,1-4H3,(H2,36,37,38,39). The van der Waals surface area contributed by atoms with Crippen LogP contribution in [-0.2, 0) is 16.4 Å². The van der Waals surface area contributed by atoms with Gasteiger partial charge in [-0.2, -0.15) is 4.98 Å². The fraction of sp³-hybridized carbons (Fsp3) is 0.529. The second-order valence-corrected chi connectivity index (χ2v) is 15.4. The van der Waals surface area contributed by atoms with Crippen molar-refractivity contribution in [1.29, 1.82) is 0 Å². The number of nitrogens with one attached hydrogen (secondary N) is 2. The first-order valence-electron chi connectivity index (χ1n) is 16.7. The fourth-order valence-electron chi connectivity index (χ4n) is 6.73. The van der Waals surface area contributed by atoms with E-state index in [-0.39, 0.29) is 5.02 Å². The lowest BCUT2D eigenvalue weighted by Crippen LogP contribution is -2.52. The highest BCUT2D eigenvalue weighted by molar-refractivity contribution is 7.92. The van der Waals surface area contributed by atoms with Gasteiger partial charge >= 0.3 is 0 Å². The molecule has 4 aliphatic heterocycles. The molecule has 6 bridgehead atoms. The largest absolute Gasteiger partial charge is 0.494 e. The molecule has 2 aromatic carbocycles. The molecule has 4 aliphatic rings. The number of aromatic nitrogens is 2. The number of benzene rings is 2. The quantitative estimate of drug-likeness (QED) is 0.360. The number of piperazine rings is 1. The Morgan fingerprint density at radius 2 is 1.77 bits per heavy atom. The molecule has 0 atom stereocenters. The van der Waals surface area contributed by atoms with Crippen molar-refractivity contribution in [2.75, 3.05) is 93.2 Å². The van der Waals surface area contributed by atoms with Gasteiger partial charge in [-0.05, 0) is 69.3 Å². The third-order valence-electron chi connectivity index (χ3n) is 9.67. The zero-order valence-electron chi connectivity index (χ0n) is 28.3. The molecule has 14 heteroatoms. The minimum Gasteiger partial charge on any atom is -0.494 e. The minimum absolute atomic E-state index is 0.284. The van der Waals surface area contributed by atoms with Crippen molar-refractivity contribution >= 4 is 56.1 Å². The molecule has 0 unspecified atom stereocenters. The van der Waals surface area contributed by atoms with Crippen LogP contribution in [0.2, 0.25) is 5.02 Å². The highest BCUT2D eigenvalue weighted by atomic mass is 35.5. The van der Waals surface area contributed by atoms with E-state index in [9.17, 15) is 8.42 Å². The summed E-state index contributed by atoms with van der Waals surface area (Å²) in [4.78, 5) is 16.8. The first kappa shape index (κ1) is 34.3. The summed E-state index contributed by atoms with van der Waals surface area (Å²) >= 11 is 6.55. The number of anilines is 6. The molecule has 0 aliphatic carbocycles. The monoisotopic (exact) mass is 698 g/mol. The summed E-state index contributed by atoms with van der Waals surface area (Å²) < 4.78 is 38.3. The predicted octanol–water partition coefficient (Wildman–Crippen LogP) is 5.34. The van der Waals surface area contributed by atoms with Crippen molar-refractivity contribution in [3.05, 3.63) is 47.1 Å². The molecule has 1 aromatic heterocycles. The molecule has 0 amide bonds. The minimum atomic E-state index is -3.56. The maximum atomic E-state index is 12.5. The van der Waals surface area contributed by atoms with Crippen LogP contribution in [0.3, 0.4) is 0 Å². The van der Waals surface area contributed by atoms with Crippen LogP contribution in [0.15, 0.2) is 36.5 Å². The second-order valence-electron chi connectivity index (χ2n) is 12.9. The highest BCUT2D eigenvalue weighted by Gasteiger charge is 2.28. The van der Waals surface area contributed by atoms with Crippen LogP contribution in [-0.4, -0.2) is 108 Å². The summed E-state index contributed by atoms with van der Waals surface area (Å²) in [6, 6.07) is 10.3. The summed E-state index contributed by atoms with van der Waals surface area (Å²) in [6.45, 7) is 7.14. The average molecular weight is 699 g/mol. The van der Waals surface area contributed by atoms with Crippen LogP contribution < -0.4 is 29.3 Å². The Bertz CT molecular complexity index is 1690. The Balaban J connectivity index is 1.29. The van der Waals surface area contributed by atoms with Gasteiger partial charge in [0.1, 0.15) is 16.5 Å². The molecule has 48 heavy (non-hydrogen) atoms. The number of aryl methyl sites for hydroxylation is 1. The number of halogens is 1. The summed E-state index contributed by atoms with van der Waals surface area (Å²) in [6.07, 6.45) is 8.73. The molecule has 0 spiro atoms. The number of hydrogen-bond acceptors (Lipinski definition) is 11. The number of sulfonamides is 1. The number of hydrogen-bond donors (Lipinski definition) is 2. The van der Waals surface area contributed by atoms with Gasteiger partial charge in [-0.1, -0.05) is 11.6 Å². The summed E-state index contributed by atoms with van der Waals surface area (Å²) in [5.74, 6) is 1.95. The van der Waals surface area contributed by atoms with Gasteiger partial charge in [0.2, 0.25) is 16.0 Å². The van der Waals surface area contributed by atoms with Gasteiger partial charge in [-0.25, -0.2) is 13.4 Å². The Kier molecular flexibility index (Phi) is 10.7. The number of piperidine rings is 1. The lowest BCUT2D eigenvalue weighted by Gasteiger charge is -2.43. The summed E-state index contributed by atoms with van der Waals surface area (Å²) in [5, 5.41) is 6.87. The lowest BCUT2D eigenvalue weighted by atomic mass is 9.98. The van der Waals surface area contributed by atoms with Crippen molar-refractivity contribution in [1.82, 2.24) is 19.8 Å². The normalized spacial score (nSPS) is 18.6. The highest BCUT2D eigenvalue weighted by Crippen LogP contribution is 2.39.